The second-order valence-corrected chi connectivity index (χ2v) is 4.69. The molecule has 0 radical (unpaired) electrons. The van der Waals surface area contributed by atoms with Crippen molar-refractivity contribution in [3.05, 3.63) is 42.1 Å². The number of pyridine rings is 1. The Morgan fingerprint density at radius 3 is 2.79 bits per heavy atom. The lowest BCUT2D eigenvalue weighted by molar-refractivity contribution is -0.137. The molecule has 100 valence electrons. The minimum atomic E-state index is -0.824. The molecule has 0 aliphatic heterocycles. The number of hydrogen-bond acceptors (Lipinski definition) is 3. The third kappa shape index (κ3) is 2.90. The molecule has 1 heterocycles. The molecule has 2 aromatic rings. The molecule has 0 amide bonds. The lowest BCUT2D eigenvalue weighted by Crippen LogP contribution is -2.29. The Balaban J connectivity index is 2.52. The first-order valence-electron chi connectivity index (χ1n) is 6.44. The Kier molecular flexibility index (Phi) is 4.12. The summed E-state index contributed by atoms with van der Waals surface area (Å²) >= 11 is 0. The van der Waals surface area contributed by atoms with Gasteiger partial charge in [0.05, 0.1) is 11.9 Å². The van der Waals surface area contributed by atoms with Crippen LogP contribution in [-0.2, 0) is 4.79 Å². The van der Waals surface area contributed by atoms with Gasteiger partial charge in [-0.2, -0.15) is 0 Å². The van der Waals surface area contributed by atoms with E-state index in [9.17, 15) is 4.79 Å². The molecule has 19 heavy (non-hydrogen) atoms. The minimum absolute atomic E-state index is 0.0447. The van der Waals surface area contributed by atoms with E-state index in [0.717, 1.165) is 22.9 Å². The number of para-hydroxylation sites is 1. The fourth-order valence-electron chi connectivity index (χ4n) is 2.41. The zero-order valence-corrected chi connectivity index (χ0v) is 10.9. The van der Waals surface area contributed by atoms with Crippen molar-refractivity contribution in [2.75, 3.05) is 0 Å². The second-order valence-electron chi connectivity index (χ2n) is 4.69. The SMILES string of the molecule is CCC(N)C(CC(=O)O)c1ccnc2ccccc12. The third-order valence-electron chi connectivity index (χ3n) is 3.47. The van der Waals surface area contributed by atoms with Crippen molar-refractivity contribution in [1.82, 2.24) is 4.98 Å². The number of nitrogens with two attached hydrogens (primary N) is 1. The fourth-order valence-corrected chi connectivity index (χ4v) is 2.41. The summed E-state index contributed by atoms with van der Waals surface area (Å²) in [6.45, 7) is 1.98. The van der Waals surface area contributed by atoms with Gasteiger partial charge in [-0.05, 0) is 24.1 Å². The first-order chi connectivity index (χ1) is 9.13. The molecule has 4 heteroatoms. The molecule has 0 fully saturated rings. The molecule has 0 saturated heterocycles. The Bertz CT molecular complexity index is 578. The van der Waals surface area contributed by atoms with E-state index in [1.807, 2.05) is 37.3 Å². The molecule has 0 bridgehead atoms. The summed E-state index contributed by atoms with van der Waals surface area (Å²) in [7, 11) is 0. The first kappa shape index (κ1) is 13.5. The van der Waals surface area contributed by atoms with Crippen LogP contribution in [0.4, 0.5) is 0 Å². The van der Waals surface area contributed by atoms with Crippen LogP contribution in [0.3, 0.4) is 0 Å². The second kappa shape index (κ2) is 5.80. The van der Waals surface area contributed by atoms with Gasteiger partial charge in [0.25, 0.3) is 0 Å². The fraction of sp³-hybridized carbons (Fsp3) is 0.333. The smallest absolute Gasteiger partial charge is 0.304 e. The van der Waals surface area contributed by atoms with Crippen LogP contribution in [0.5, 0.6) is 0 Å². The Morgan fingerprint density at radius 2 is 2.11 bits per heavy atom. The Labute approximate surface area is 112 Å². The van der Waals surface area contributed by atoms with Crippen LogP contribution in [0.15, 0.2) is 36.5 Å². The quantitative estimate of drug-likeness (QED) is 0.864. The van der Waals surface area contributed by atoms with Crippen LogP contribution in [0, 0.1) is 0 Å². The number of rotatable bonds is 5. The number of carbonyl (C=O) groups is 1. The summed E-state index contributed by atoms with van der Waals surface area (Å²) < 4.78 is 0. The van der Waals surface area contributed by atoms with E-state index in [-0.39, 0.29) is 18.4 Å². The summed E-state index contributed by atoms with van der Waals surface area (Å²) in [6.07, 6.45) is 2.51. The van der Waals surface area contributed by atoms with E-state index >= 15 is 0 Å². The molecule has 0 aliphatic carbocycles. The molecule has 4 nitrogen and oxygen atoms in total. The monoisotopic (exact) mass is 258 g/mol. The molecular weight excluding hydrogens is 240 g/mol. The van der Waals surface area contributed by atoms with E-state index in [4.69, 9.17) is 10.8 Å². The molecule has 1 aromatic heterocycles. The minimum Gasteiger partial charge on any atom is -0.481 e. The summed E-state index contributed by atoms with van der Waals surface area (Å²) in [6, 6.07) is 9.46. The van der Waals surface area contributed by atoms with Crippen LogP contribution in [0.2, 0.25) is 0 Å². The maximum absolute atomic E-state index is 11.1. The number of carboxylic acid groups (broad SMARTS) is 1. The molecule has 3 N–H and O–H groups in total. The lowest BCUT2D eigenvalue weighted by atomic mass is 9.86. The number of aromatic nitrogens is 1. The average Bonchev–Trinajstić information content (AvgIpc) is 2.43. The highest BCUT2D eigenvalue weighted by Gasteiger charge is 2.23. The number of hydrogen-bond donors (Lipinski definition) is 2. The van der Waals surface area contributed by atoms with Crippen LogP contribution < -0.4 is 5.73 Å². The van der Waals surface area contributed by atoms with Crippen LogP contribution in [0.1, 0.15) is 31.2 Å². The van der Waals surface area contributed by atoms with Crippen LogP contribution in [-0.4, -0.2) is 22.1 Å². The van der Waals surface area contributed by atoms with Gasteiger partial charge in [-0.1, -0.05) is 25.1 Å². The standard InChI is InChI=1S/C15H18N2O2/c1-2-13(16)12(9-15(18)19)10-7-8-17-14-6-4-3-5-11(10)14/h3-8,12-13H,2,9,16H2,1H3,(H,18,19). The Morgan fingerprint density at radius 1 is 1.37 bits per heavy atom. The third-order valence-corrected chi connectivity index (χ3v) is 3.47. The molecule has 2 unspecified atom stereocenters. The van der Waals surface area contributed by atoms with E-state index in [0.29, 0.717) is 0 Å². The van der Waals surface area contributed by atoms with Crippen LogP contribution >= 0.6 is 0 Å². The van der Waals surface area contributed by atoms with Gasteiger partial charge < -0.3 is 10.8 Å². The van der Waals surface area contributed by atoms with Gasteiger partial charge in [0.2, 0.25) is 0 Å². The summed E-state index contributed by atoms with van der Waals surface area (Å²) in [4.78, 5) is 15.4. The number of carboxylic acids is 1. The molecule has 0 saturated carbocycles. The van der Waals surface area contributed by atoms with Gasteiger partial charge in [0, 0.05) is 23.5 Å². The van der Waals surface area contributed by atoms with Crippen molar-refractivity contribution in [2.24, 2.45) is 5.73 Å². The summed E-state index contributed by atoms with van der Waals surface area (Å²) in [5.74, 6) is -1.01. The van der Waals surface area contributed by atoms with Gasteiger partial charge >= 0.3 is 5.97 Å². The molecule has 1 aromatic carbocycles. The number of benzene rings is 1. The highest BCUT2D eigenvalue weighted by atomic mass is 16.4. The average molecular weight is 258 g/mol. The lowest BCUT2D eigenvalue weighted by Gasteiger charge is -2.23. The van der Waals surface area contributed by atoms with Crippen molar-refractivity contribution >= 4 is 16.9 Å². The first-order valence-corrected chi connectivity index (χ1v) is 6.44. The summed E-state index contributed by atoms with van der Waals surface area (Å²) in [5.41, 5.74) is 7.95. The van der Waals surface area contributed by atoms with Gasteiger partial charge in [-0.15, -0.1) is 0 Å². The molecular formula is C15H18N2O2. The molecule has 2 atom stereocenters. The topological polar surface area (TPSA) is 76.2 Å². The van der Waals surface area contributed by atoms with Crippen LogP contribution in [0.25, 0.3) is 10.9 Å². The Hall–Kier alpha value is -1.94. The number of nitrogens with zero attached hydrogens (tertiary/aromatic N) is 1. The van der Waals surface area contributed by atoms with E-state index in [1.165, 1.54) is 0 Å². The van der Waals surface area contributed by atoms with E-state index < -0.39 is 5.97 Å². The van der Waals surface area contributed by atoms with Crippen molar-refractivity contribution in [3.63, 3.8) is 0 Å². The molecule has 0 aliphatic rings. The zero-order valence-electron chi connectivity index (χ0n) is 10.9. The number of fused-ring (bicyclic) bond motifs is 1. The summed E-state index contributed by atoms with van der Waals surface area (Å²) in [5, 5.41) is 10.1. The molecule has 2 rings (SSSR count). The van der Waals surface area contributed by atoms with E-state index in [2.05, 4.69) is 4.98 Å². The van der Waals surface area contributed by atoms with Crippen molar-refractivity contribution in [1.29, 1.82) is 0 Å². The number of aliphatic carboxylic acids is 1. The molecule has 0 spiro atoms. The highest BCUT2D eigenvalue weighted by Crippen LogP contribution is 2.29. The van der Waals surface area contributed by atoms with Crippen molar-refractivity contribution < 1.29 is 9.90 Å². The predicted octanol–water partition coefficient (Wildman–Crippen LogP) is 2.53. The van der Waals surface area contributed by atoms with E-state index in [1.54, 1.807) is 6.20 Å². The van der Waals surface area contributed by atoms with Gasteiger partial charge in [-0.25, -0.2) is 0 Å². The largest absolute Gasteiger partial charge is 0.481 e. The van der Waals surface area contributed by atoms with Gasteiger partial charge in [-0.3, -0.25) is 9.78 Å². The normalized spacial score (nSPS) is 14.2. The maximum Gasteiger partial charge on any atom is 0.304 e. The highest BCUT2D eigenvalue weighted by molar-refractivity contribution is 5.83. The van der Waals surface area contributed by atoms with Gasteiger partial charge in [0.1, 0.15) is 0 Å². The maximum atomic E-state index is 11.1. The predicted molar refractivity (Wildman–Crippen MR) is 75.0 cm³/mol. The van der Waals surface area contributed by atoms with Crippen molar-refractivity contribution in [2.45, 2.75) is 31.7 Å². The van der Waals surface area contributed by atoms with Crippen molar-refractivity contribution in [3.8, 4) is 0 Å². The van der Waals surface area contributed by atoms with Gasteiger partial charge in [0.15, 0.2) is 0 Å². The zero-order chi connectivity index (χ0) is 13.8.